The molecule has 0 spiro atoms. The first kappa shape index (κ1) is 18.8. The largest absolute Gasteiger partial charge is 0.573 e. The van der Waals surface area contributed by atoms with E-state index in [4.69, 9.17) is 4.74 Å². The van der Waals surface area contributed by atoms with Gasteiger partial charge in [-0.3, -0.25) is 0 Å². The Balaban J connectivity index is 2.19. The van der Waals surface area contributed by atoms with Crippen molar-refractivity contribution in [3.05, 3.63) is 48.0 Å². The quantitative estimate of drug-likeness (QED) is 0.547. The molecule has 0 radical (unpaired) electrons. The first-order valence-corrected chi connectivity index (χ1v) is 7.86. The molecular formula is C17H19F3N2O3. The van der Waals surface area contributed by atoms with Crippen LogP contribution in [0, 0.1) is 0 Å². The van der Waals surface area contributed by atoms with Gasteiger partial charge in [-0.1, -0.05) is 25.5 Å². The van der Waals surface area contributed by atoms with Crippen LogP contribution in [0.4, 0.5) is 13.2 Å². The van der Waals surface area contributed by atoms with Crippen molar-refractivity contribution in [3.8, 4) is 5.75 Å². The minimum atomic E-state index is -4.76. The number of esters is 1. The number of ether oxygens (including phenoxy) is 2. The summed E-state index contributed by atoms with van der Waals surface area (Å²) in [6.45, 7) is 4.04. The lowest BCUT2D eigenvalue weighted by atomic mass is 10.1. The van der Waals surface area contributed by atoms with E-state index in [2.05, 4.69) is 9.72 Å². The molecule has 8 heteroatoms. The number of unbranched alkanes of at least 4 members (excludes halogenated alkanes) is 1. The van der Waals surface area contributed by atoms with Crippen molar-refractivity contribution in [3.63, 3.8) is 0 Å². The number of rotatable bonds is 7. The van der Waals surface area contributed by atoms with Crippen LogP contribution in [-0.2, 0) is 4.74 Å². The van der Waals surface area contributed by atoms with Crippen molar-refractivity contribution < 1.29 is 27.4 Å². The molecule has 136 valence electrons. The van der Waals surface area contributed by atoms with E-state index in [1.54, 1.807) is 17.6 Å². The van der Waals surface area contributed by atoms with Gasteiger partial charge in [0.15, 0.2) is 0 Å². The summed E-state index contributed by atoms with van der Waals surface area (Å²) in [5.74, 6) is -0.829. The third kappa shape index (κ3) is 5.23. The molecule has 0 aliphatic carbocycles. The van der Waals surface area contributed by atoms with E-state index in [0.29, 0.717) is 12.2 Å². The van der Waals surface area contributed by atoms with E-state index < -0.39 is 18.4 Å². The van der Waals surface area contributed by atoms with Gasteiger partial charge >= 0.3 is 12.3 Å². The van der Waals surface area contributed by atoms with Gasteiger partial charge in [0.25, 0.3) is 0 Å². The molecule has 1 aromatic heterocycles. The van der Waals surface area contributed by atoms with Crippen LogP contribution in [0.1, 0.15) is 48.8 Å². The van der Waals surface area contributed by atoms with E-state index in [9.17, 15) is 18.0 Å². The zero-order valence-electron chi connectivity index (χ0n) is 13.9. The maximum atomic E-state index is 12.4. The fourth-order valence-corrected chi connectivity index (χ4v) is 2.29. The third-order valence-corrected chi connectivity index (χ3v) is 3.60. The second kappa shape index (κ2) is 8.04. The van der Waals surface area contributed by atoms with Crippen LogP contribution in [0.2, 0.25) is 0 Å². The summed E-state index contributed by atoms with van der Waals surface area (Å²) < 4.78 is 47.8. The average molecular weight is 356 g/mol. The summed E-state index contributed by atoms with van der Waals surface area (Å²) in [7, 11) is 0. The van der Waals surface area contributed by atoms with E-state index in [1.165, 1.54) is 30.7 Å². The van der Waals surface area contributed by atoms with E-state index >= 15 is 0 Å². The Labute approximate surface area is 143 Å². The van der Waals surface area contributed by atoms with Crippen molar-refractivity contribution >= 4 is 5.97 Å². The summed E-state index contributed by atoms with van der Waals surface area (Å²) in [5, 5.41) is 0. The van der Waals surface area contributed by atoms with Crippen LogP contribution >= 0.6 is 0 Å². The minimum Gasteiger partial charge on any atom is -0.461 e. The second-order valence-electron chi connectivity index (χ2n) is 5.47. The van der Waals surface area contributed by atoms with Gasteiger partial charge in [-0.2, -0.15) is 0 Å². The monoisotopic (exact) mass is 356 g/mol. The van der Waals surface area contributed by atoms with Crippen LogP contribution in [-0.4, -0.2) is 28.5 Å². The molecule has 1 aromatic carbocycles. The highest BCUT2D eigenvalue weighted by Crippen LogP contribution is 2.27. The van der Waals surface area contributed by atoms with Gasteiger partial charge in [-0.25, -0.2) is 9.78 Å². The fourth-order valence-electron chi connectivity index (χ4n) is 2.29. The fraction of sp³-hybridized carbons (Fsp3) is 0.412. The highest BCUT2D eigenvalue weighted by Gasteiger charge is 2.31. The van der Waals surface area contributed by atoms with E-state index in [-0.39, 0.29) is 11.4 Å². The SMILES string of the molecule is CCCCOC(=O)c1cncn1C(C)c1cccc(OC(F)(F)F)c1. The van der Waals surface area contributed by atoms with Crippen LogP contribution in [0.15, 0.2) is 36.8 Å². The number of alkyl halides is 3. The summed E-state index contributed by atoms with van der Waals surface area (Å²) in [4.78, 5) is 16.1. The highest BCUT2D eigenvalue weighted by molar-refractivity contribution is 5.87. The Morgan fingerprint density at radius 1 is 1.36 bits per heavy atom. The zero-order valence-corrected chi connectivity index (χ0v) is 13.9. The van der Waals surface area contributed by atoms with Gasteiger partial charge in [0.05, 0.1) is 25.2 Å². The Kier molecular flexibility index (Phi) is 6.06. The maximum Gasteiger partial charge on any atom is 0.573 e. The number of benzene rings is 1. The molecular weight excluding hydrogens is 337 g/mol. The molecule has 0 fully saturated rings. The predicted octanol–water partition coefficient (Wildman–Crippen LogP) is 4.35. The molecule has 0 bridgehead atoms. The lowest BCUT2D eigenvalue weighted by Crippen LogP contribution is -2.18. The predicted molar refractivity (Wildman–Crippen MR) is 84.4 cm³/mol. The average Bonchev–Trinajstić information content (AvgIpc) is 3.02. The number of nitrogens with zero attached hydrogens (tertiary/aromatic N) is 2. The van der Waals surface area contributed by atoms with E-state index in [0.717, 1.165) is 12.8 Å². The summed E-state index contributed by atoms with van der Waals surface area (Å²) >= 11 is 0. The van der Waals surface area contributed by atoms with Crippen LogP contribution in [0.3, 0.4) is 0 Å². The van der Waals surface area contributed by atoms with Crippen molar-refractivity contribution in [1.29, 1.82) is 0 Å². The summed E-state index contributed by atoms with van der Waals surface area (Å²) in [5.41, 5.74) is 0.785. The van der Waals surface area contributed by atoms with Crippen LogP contribution in [0.5, 0.6) is 5.75 Å². The zero-order chi connectivity index (χ0) is 18.4. The Bertz CT molecular complexity index is 713. The Morgan fingerprint density at radius 3 is 2.80 bits per heavy atom. The van der Waals surface area contributed by atoms with E-state index in [1.807, 2.05) is 6.92 Å². The number of hydrogen-bond donors (Lipinski definition) is 0. The normalized spacial score (nSPS) is 12.7. The van der Waals surface area contributed by atoms with Crippen molar-refractivity contribution in [1.82, 2.24) is 9.55 Å². The number of hydrogen-bond acceptors (Lipinski definition) is 4. The lowest BCUT2D eigenvalue weighted by Gasteiger charge is -2.18. The molecule has 0 aliphatic heterocycles. The molecule has 0 aliphatic rings. The molecule has 1 unspecified atom stereocenters. The van der Waals surface area contributed by atoms with Crippen molar-refractivity contribution in [2.45, 2.75) is 39.1 Å². The smallest absolute Gasteiger partial charge is 0.461 e. The van der Waals surface area contributed by atoms with Gasteiger partial charge < -0.3 is 14.0 Å². The van der Waals surface area contributed by atoms with Crippen molar-refractivity contribution in [2.75, 3.05) is 6.61 Å². The standard InChI is InChI=1S/C17H19F3N2O3/c1-3-4-8-24-16(23)15-10-21-11-22(15)12(2)13-6-5-7-14(9-13)25-17(18,19)20/h5-7,9-12H,3-4,8H2,1-2H3. The molecule has 0 amide bonds. The molecule has 25 heavy (non-hydrogen) atoms. The van der Waals surface area contributed by atoms with Crippen LogP contribution < -0.4 is 4.74 Å². The first-order valence-electron chi connectivity index (χ1n) is 7.86. The van der Waals surface area contributed by atoms with Gasteiger partial charge in [0, 0.05) is 0 Å². The molecule has 0 N–H and O–H groups in total. The van der Waals surface area contributed by atoms with Crippen LogP contribution in [0.25, 0.3) is 0 Å². The van der Waals surface area contributed by atoms with Gasteiger partial charge in [-0.15, -0.1) is 13.2 Å². The molecule has 1 heterocycles. The Hall–Kier alpha value is -2.51. The lowest BCUT2D eigenvalue weighted by molar-refractivity contribution is -0.274. The van der Waals surface area contributed by atoms with Gasteiger partial charge in [-0.05, 0) is 31.0 Å². The molecule has 0 saturated heterocycles. The highest BCUT2D eigenvalue weighted by atomic mass is 19.4. The molecule has 2 aromatic rings. The van der Waals surface area contributed by atoms with Gasteiger partial charge in [0.1, 0.15) is 11.4 Å². The third-order valence-electron chi connectivity index (χ3n) is 3.60. The number of carbonyl (C=O) groups excluding carboxylic acids is 1. The van der Waals surface area contributed by atoms with Crippen molar-refractivity contribution in [2.24, 2.45) is 0 Å². The second-order valence-corrected chi connectivity index (χ2v) is 5.47. The summed E-state index contributed by atoms with van der Waals surface area (Å²) in [6.07, 6.45) is -0.286. The molecule has 5 nitrogen and oxygen atoms in total. The van der Waals surface area contributed by atoms with Gasteiger partial charge in [0.2, 0.25) is 0 Å². The number of imidazole rings is 1. The number of halogens is 3. The molecule has 0 saturated carbocycles. The maximum absolute atomic E-state index is 12.4. The summed E-state index contributed by atoms with van der Waals surface area (Å²) in [6, 6.07) is 5.19. The number of carbonyl (C=O) groups is 1. The Morgan fingerprint density at radius 2 is 2.12 bits per heavy atom. The topological polar surface area (TPSA) is 53.3 Å². The number of aromatic nitrogens is 2. The molecule has 1 atom stereocenters. The minimum absolute atomic E-state index is 0.241. The molecule has 2 rings (SSSR count). The first-order chi connectivity index (χ1) is 11.8.